The quantitative estimate of drug-likeness (QED) is 0.878. The van der Waals surface area contributed by atoms with Crippen molar-refractivity contribution in [2.24, 2.45) is 0 Å². The number of carboxylic acids is 1. The highest BCUT2D eigenvalue weighted by Gasteiger charge is 2.13. The summed E-state index contributed by atoms with van der Waals surface area (Å²) in [5, 5.41) is 11.8. The van der Waals surface area contributed by atoms with E-state index in [9.17, 15) is 4.79 Å². The number of aromatic carboxylic acids is 1. The molecule has 3 rings (SSSR count). The Hall–Kier alpha value is -2.76. The summed E-state index contributed by atoms with van der Waals surface area (Å²) in [6, 6.07) is 8.53. The molecule has 19 heavy (non-hydrogen) atoms. The van der Waals surface area contributed by atoms with E-state index in [0.717, 1.165) is 5.69 Å². The fourth-order valence-corrected chi connectivity index (χ4v) is 1.72. The molecule has 0 saturated heterocycles. The van der Waals surface area contributed by atoms with Gasteiger partial charge in [-0.25, -0.2) is 9.78 Å². The average molecular weight is 258 g/mol. The monoisotopic (exact) mass is 258 g/mol. The number of aromatic nitrogens is 1. The standard InChI is InChI=1S/C13H10N2O4/c16-13(17)8-1-4-12(14-6-8)15-9-2-3-10-11(5-9)19-7-18-10/h1-6H,7H2,(H,14,15)(H,16,17). The van der Waals surface area contributed by atoms with Gasteiger partial charge in [0.15, 0.2) is 11.5 Å². The molecular weight excluding hydrogens is 248 g/mol. The lowest BCUT2D eigenvalue weighted by Crippen LogP contribution is -1.99. The van der Waals surface area contributed by atoms with Gasteiger partial charge in [-0.1, -0.05) is 0 Å². The van der Waals surface area contributed by atoms with Gasteiger partial charge in [-0.2, -0.15) is 0 Å². The Bertz CT molecular complexity index is 625. The van der Waals surface area contributed by atoms with Crippen LogP contribution in [0.4, 0.5) is 11.5 Å². The van der Waals surface area contributed by atoms with Gasteiger partial charge >= 0.3 is 5.97 Å². The summed E-state index contributed by atoms with van der Waals surface area (Å²) in [5.41, 5.74) is 0.941. The highest BCUT2D eigenvalue weighted by Crippen LogP contribution is 2.34. The minimum atomic E-state index is -0.998. The maximum absolute atomic E-state index is 10.7. The van der Waals surface area contributed by atoms with Crippen LogP contribution in [0.3, 0.4) is 0 Å². The van der Waals surface area contributed by atoms with Crippen molar-refractivity contribution >= 4 is 17.5 Å². The topological polar surface area (TPSA) is 80.7 Å². The van der Waals surface area contributed by atoms with E-state index in [4.69, 9.17) is 14.6 Å². The molecule has 1 aromatic carbocycles. The zero-order chi connectivity index (χ0) is 13.2. The number of pyridine rings is 1. The van der Waals surface area contributed by atoms with Crippen molar-refractivity contribution < 1.29 is 19.4 Å². The smallest absolute Gasteiger partial charge is 0.337 e. The molecule has 2 N–H and O–H groups in total. The van der Waals surface area contributed by atoms with Crippen molar-refractivity contribution in [1.29, 1.82) is 0 Å². The molecule has 0 amide bonds. The van der Waals surface area contributed by atoms with Crippen molar-refractivity contribution in [3.8, 4) is 11.5 Å². The van der Waals surface area contributed by atoms with E-state index in [1.165, 1.54) is 12.3 Å². The lowest BCUT2D eigenvalue weighted by molar-refractivity contribution is 0.0696. The minimum Gasteiger partial charge on any atom is -0.478 e. The molecule has 0 unspecified atom stereocenters. The van der Waals surface area contributed by atoms with Crippen LogP contribution in [0.1, 0.15) is 10.4 Å². The minimum absolute atomic E-state index is 0.149. The summed E-state index contributed by atoms with van der Waals surface area (Å²) in [6.07, 6.45) is 1.30. The van der Waals surface area contributed by atoms with Crippen LogP contribution >= 0.6 is 0 Å². The van der Waals surface area contributed by atoms with Crippen LogP contribution in [0.15, 0.2) is 36.5 Å². The van der Waals surface area contributed by atoms with Crippen LogP contribution < -0.4 is 14.8 Å². The number of benzene rings is 1. The first kappa shape index (κ1) is 11.3. The lowest BCUT2D eigenvalue weighted by Gasteiger charge is -2.06. The number of carboxylic acid groups (broad SMARTS) is 1. The van der Waals surface area contributed by atoms with Gasteiger partial charge in [0.2, 0.25) is 6.79 Å². The molecule has 0 fully saturated rings. The first-order chi connectivity index (χ1) is 9.22. The van der Waals surface area contributed by atoms with Gasteiger partial charge in [-0.05, 0) is 24.3 Å². The number of anilines is 2. The first-order valence-electron chi connectivity index (χ1n) is 5.58. The number of nitrogens with zero attached hydrogens (tertiary/aromatic N) is 1. The maximum atomic E-state index is 10.7. The van der Waals surface area contributed by atoms with Crippen LogP contribution in [-0.2, 0) is 0 Å². The Labute approximate surface area is 108 Å². The van der Waals surface area contributed by atoms with Gasteiger partial charge in [0, 0.05) is 18.0 Å². The Morgan fingerprint density at radius 2 is 2.05 bits per heavy atom. The predicted molar refractivity (Wildman–Crippen MR) is 67.0 cm³/mol. The fourth-order valence-electron chi connectivity index (χ4n) is 1.72. The second-order valence-corrected chi connectivity index (χ2v) is 3.93. The summed E-state index contributed by atoms with van der Waals surface area (Å²) in [7, 11) is 0. The van der Waals surface area contributed by atoms with Gasteiger partial charge in [-0.15, -0.1) is 0 Å². The summed E-state index contributed by atoms with van der Waals surface area (Å²) in [4.78, 5) is 14.7. The molecule has 0 aliphatic carbocycles. The molecule has 2 heterocycles. The maximum Gasteiger partial charge on any atom is 0.337 e. The van der Waals surface area contributed by atoms with E-state index in [0.29, 0.717) is 17.3 Å². The predicted octanol–water partition coefficient (Wildman–Crippen LogP) is 2.25. The largest absolute Gasteiger partial charge is 0.478 e. The second kappa shape index (κ2) is 4.49. The molecule has 1 aliphatic rings. The van der Waals surface area contributed by atoms with E-state index >= 15 is 0 Å². The molecule has 2 aromatic rings. The normalized spacial score (nSPS) is 12.2. The Kier molecular flexibility index (Phi) is 2.68. The lowest BCUT2D eigenvalue weighted by atomic mass is 10.2. The van der Waals surface area contributed by atoms with Crippen LogP contribution in [0, 0.1) is 0 Å². The molecule has 0 saturated carbocycles. The molecular formula is C13H10N2O4. The summed E-state index contributed by atoms with van der Waals surface area (Å²) < 4.78 is 10.5. The fraction of sp³-hybridized carbons (Fsp3) is 0.0769. The van der Waals surface area contributed by atoms with E-state index in [2.05, 4.69) is 10.3 Å². The summed E-state index contributed by atoms with van der Waals surface area (Å²) in [5.74, 6) is 0.942. The number of hydrogen-bond acceptors (Lipinski definition) is 5. The highest BCUT2D eigenvalue weighted by atomic mass is 16.7. The molecule has 0 radical (unpaired) electrons. The van der Waals surface area contributed by atoms with Gasteiger partial charge in [0.05, 0.1) is 5.56 Å². The highest BCUT2D eigenvalue weighted by molar-refractivity contribution is 5.87. The number of fused-ring (bicyclic) bond motifs is 1. The molecule has 1 aliphatic heterocycles. The molecule has 0 spiro atoms. The van der Waals surface area contributed by atoms with Gasteiger partial charge in [-0.3, -0.25) is 0 Å². The summed E-state index contributed by atoms with van der Waals surface area (Å²) >= 11 is 0. The Morgan fingerprint density at radius 1 is 1.21 bits per heavy atom. The van der Waals surface area contributed by atoms with Crippen molar-refractivity contribution in [3.05, 3.63) is 42.1 Å². The van der Waals surface area contributed by atoms with E-state index in [1.807, 2.05) is 6.07 Å². The molecule has 6 heteroatoms. The first-order valence-corrected chi connectivity index (χ1v) is 5.58. The zero-order valence-electron chi connectivity index (χ0n) is 9.79. The molecule has 6 nitrogen and oxygen atoms in total. The van der Waals surface area contributed by atoms with Crippen LogP contribution in [0.25, 0.3) is 0 Å². The van der Waals surface area contributed by atoms with Crippen LogP contribution in [0.2, 0.25) is 0 Å². The second-order valence-electron chi connectivity index (χ2n) is 3.93. The van der Waals surface area contributed by atoms with Gasteiger partial charge < -0.3 is 19.9 Å². The third kappa shape index (κ3) is 2.28. The third-order valence-electron chi connectivity index (χ3n) is 2.66. The molecule has 0 atom stereocenters. The SMILES string of the molecule is O=C(O)c1ccc(Nc2ccc3c(c2)OCO3)nc1. The number of nitrogens with one attached hydrogen (secondary N) is 1. The van der Waals surface area contributed by atoms with Crippen LogP contribution in [-0.4, -0.2) is 22.9 Å². The van der Waals surface area contributed by atoms with Gasteiger partial charge in [0.25, 0.3) is 0 Å². The molecule has 96 valence electrons. The van der Waals surface area contributed by atoms with E-state index in [-0.39, 0.29) is 12.4 Å². The summed E-state index contributed by atoms with van der Waals surface area (Å²) in [6.45, 7) is 0.227. The Balaban J connectivity index is 1.79. The van der Waals surface area contributed by atoms with Gasteiger partial charge in [0.1, 0.15) is 5.82 Å². The number of ether oxygens (including phenoxy) is 2. The average Bonchev–Trinajstić information content (AvgIpc) is 2.87. The Morgan fingerprint density at radius 3 is 2.79 bits per heavy atom. The third-order valence-corrected chi connectivity index (χ3v) is 2.66. The number of rotatable bonds is 3. The number of hydrogen-bond donors (Lipinski definition) is 2. The number of carbonyl (C=O) groups is 1. The van der Waals surface area contributed by atoms with Crippen LogP contribution in [0.5, 0.6) is 11.5 Å². The van der Waals surface area contributed by atoms with E-state index < -0.39 is 5.97 Å². The van der Waals surface area contributed by atoms with Crippen molar-refractivity contribution in [2.75, 3.05) is 12.1 Å². The zero-order valence-corrected chi connectivity index (χ0v) is 9.79. The van der Waals surface area contributed by atoms with E-state index in [1.54, 1.807) is 18.2 Å². The van der Waals surface area contributed by atoms with Crippen molar-refractivity contribution in [2.45, 2.75) is 0 Å². The van der Waals surface area contributed by atoms with Crippen molar-refractivity contribution in [3.63, 3.8) is 0 Å². The molecule has 0 bridgehead atoms. The van der Waals surface area contributed by atoms with Crippen molar-refractivity contribution in [1.82, 2.24) is 4.98 Å². The molecule has 1 aromatic heterocycles.